The van der Waals surface area contributed by atoms with Gasteiger partial charge in [0, 0.05) is 6.54 Å². The Balaban J connectivity index is 2.65. The van der Waals surface area contributed by atoms with Crippen LogP contribution >= 0.6 is 12.6 Å². The summed E-state index contributed by atoms with van der Waals surface area (Å²) in [6, 6.07) is 0. The van der Waals surface area contributed by atoms with Crippen LogP contribution in [-0.2, 0) is 4.79 Å². The molecule has 0 aliphatic carbocycles. The third-order valence-electron chi connectivity index (χ3n) is 2.39. The lowest BCUT2D eigenvalue weighted by molar-refractivity contribution is -0.119. The van der Waals surface area contributed by atoms with Crippen LogP contribution in [0.4, 0.5) is 0 Å². The van der Waals surface area contributed by atoms with Gasteiger partial charge >= 0.3 is 0 Å². The van der Waals surface area contributed by atoms with E-state index in [-0.39, 0.29) is 17.1 Å². The first-order valence-corrected chi connectivity index (χ1v) is 5.60. The average Bonchev–Trinajstić information content (AvgIpc) is 2.20. The number of carbonyl (C=O) groups is 1. The smallest absolute Gasteiger partial charge is 0.273 e. The number of thiol groups is 1. The number of nitrogens with one attached hydrogen (secondary N) is 1. The molecule has 5 nitrogen and oxygen atoms in total. The van der Waals surface area contributed by atoms with Crippen LogP contribution in [0, 0.1) is 0 Å². The van der Waals surface area contributed by atoms with Crippen molar-refractivity contribution in [1.82, 2.24) is 10.2 Å². The van der Waals surface area contributed by atoms with E-state index in [9.17, 15) is 4.79 Å². The van der Waals surface area contributed by atoms with Gasteiger partial charge in [-0.15, -0.1) is 12.6 Å². The molecule has 5 N–H and O–H groups in total. The first-order chi connectivity index (χ1) is 7.07. The van der Waals surface area contributed by atoms with E-state index in [1.54, 1.807) is 4.90 Å². The molecule has 1 rings (SSSR count). The Bertz CT molecular complexity index is 279. The standard InChI is InChI=1S/C9H18N4OS/c1-2-3-4-5-13-7(11)6(10)8(14)12-9(13)15/h9,15H,2-5,10-11H2,1H3,(H,12,14). The highest BCUT2D eigenvalue weighted by Crippen LogP contribution is 2.15. The molecule has 1 unspecified atom stereocenters. The molecule has 0 aromatic heterocycles. The van der Waals surface area contributed by atoms with Crippen LogP contribution in [0.3, 0.4) is 0 Å². The lowest BCUT2D eigenvalue weighted by atomic mass is 10.2. The minimum Gasteiger partial charge on any atom is -0.391 e. The largest absolute Gasteiger partial charge is 0.391 e. The summed E-state index contributed by atoms with van der Waals surface area (Å²) in [4.78, 5) is 13.0. The van der Waals surface area contributed by atoms with Crippen molar-refractivity contribution in [2.45, 2.75) is 31.7 Å². The summed E-state index contributed by atoms with van der Waals surface area (Å²) in [5.74, 6) is -0.0194. The predicted octanol–water partition coefficient (Wildman–Crippen LogP) is -0.0917. The van der Waals surface area contributed by atoms with E-state index < -0.39 is 0 Å². The molecule has 1 aliphatic rings. The number of unbranched alkanes of at least 4 members (excludes halogenated alkanes) is 2. The second kappa shape index (κ2) is 5.16. The molecule has 15 heavy (non-hydrogen) atoms. The van der Waals surface area contributed by atoms with E-state index in [0.717, 1.165) is 25.8 Å². The molecular weight excluding hydrogens is 212 g/mol. The molecule has 0 bridgehead atoms. The van der Waals surface area contributed by atoms with Gasteiger partial charge in [0.2, 0.25) is 0 Å². The summed E-state index contributed by atoms with van der Waals surface area (Å²) < 4.78 is 0. The Morgan fingerprint density at radius 2 is 2.13 bits per heavy atom. The van der Waals surface area contributed by atoms with E-state index in [4.69, 9.17) is 11.5 Å². The van der Waals surface area contributed by atoms with E-state index >= 15 is 0 Å². The fourth-order valence-electron chi connectivity index (χ4n) is 1.45. The van der Waals surface area contributed by atoms with Gasteiger partial charge in [-0.2, -0.15) is 0 Å². The monoisotopic (exact) mass is 230 g/mol. The number of nitrogens with zero attached hydrogens (tertiary/aromatic N) is 1. The molecule has 1 heterocycles. The number of amides is 1. The topological polar surface area (TPSA) is 84.4 Å². The zero-order valence-electron chi connectivity index (χ0n) is 8.86. The molecule has 0 aromatic rings. The number of nitrogens with two attached hydrogens (primary N) is 2. The Morgan fingerprint density at radius 3 is 2.73 bits per heavy atom. The van der Waals surface area contributed by atoms with Crippen molar-refractivity contribution in [2.24, 2.45) is 11.5 Å². The van der Waals surface area contributed by atoms with Crippen LogP contribution < -0.4 is 16.8 Å². The fraction of sp³-hybridized carbons (Fsp3) is 0.667. The lowest BCUT2D eigenvalue weighted by Crippen LogP contribution is -2.53. The lowest BCUT2D eigenvalue weighted by Gasteiger charge is -2.35. The van der Waals surface area contributed by atoms with Gasteiger partial charge in [0.25, 0.3) is 5.91 Å². The maximum atomic E-state index is 11.2. The number of rotatable bonds is 4. The molecule has 86 valence electrons. The predicted molar refractivity (Wildman–Crippen MR) is 62.5 cm³/mol. The van der Waals surface area contributed by atoms with Gasteiger partial charge in [-0.1, -0.05) is 19.8 Å². The van der Waals surface area contributed by atoms with Crippen molar-refractivity contribution in [1.29, 1.82) is 0 Å². The van der Waals surface area contributed by atoms with Crippen molar-refractivity contribution in [3.8, 4) is 0 Å². The quantitative estimate of drug-likeness (QED) is 0.402. The van der Waals surface area contributed by atoms with Crippen LogP contribution in [0.2, 0.25) is 0 Å². The van der Waals surface area contributed by atoms with Gasteiger partial charge in [0.1, 0.15) is 17.0 Å². The number of hydrogen-bond donors (Lipinski definition) is 4. The van der Waals surface area contributed by atoms with Crippen molar-refractivity contribution >= 4 is 18.5 Å². The highest BCUT2D eigenvalue weighted by Gasteiger charge is 2.27. The normalized spacial score (nSPS) is 21.9. The van der Waals surface area contributed by atoms with Gasteiger partial charge in [-0.25, -0.2) is 0 Å². The molecule has 0 radical (unpaired) electrons. The van der Waals surface area contributed by atoms with Crippen molar-refractivity contribution in [3.63, 3.8) is 0 Å². The third-order valence-corrected chi connectivity index (χ3v) is 2.80. The Morgan fingerprint density at radius 1 is 1.47 bits per heavy atom. The third kappa shape index (κ3) is 2.71. The Kier molecular flexibility index (Phi) is 4.14. The Labute approximate surface area is 95.3 Å². The molecular formula is C9H18N4OS. The molecule has 1 aliphatic heterocycles. The van der Waals surface area contributed by atoms with E-state index in [2.05, 4.69) is 24.9 Å². The zero-order valence-corrected chi connectivity index (χ0v) is 9.76. The molecule has 1 atom stereocenters. The van der Waals surface area contributed by atoms with Crippen LogP contribution in [0.5, 0.6) is 0 Å². The van der Waals surface area contributed by atoms with Crippen molar-refractivity contribution < 1.29 is 4.79 Å². The molecule has 0 fully saturated rings. The maximum absolute atomic E-state index is 11.2. The second-order valence-corrected chi connectivity index (χ2v) is 4.04. The van der Waals surface area contributed by atoms with Crippen LogP contribution in [-0.4, -0.2) is 22.8 Å². The van der Waals surface area contributed by atoms with Crippen LogP contribution in [0.1, 0.15) is 26.2 Å². The molecule has 1 amide bonds. The summed E-state index contributed by atoms with van der Waals surface area (Å²) >= 11 is 4.24. The summed E-state index contributed by atoms with van der Waals surface area (Å²) in [7, 11) is 0. The van der Waals surface area contributed by atoms with Gasteiger partial charge in [-0.05, 0) is 6.42 Å². The molecule has 0 saturated heterocycles. The minimum absolute atomic E-state index is 0.0804. The number of carbonyl (C=O) groups excluding carboxylic acids is 1. The van der Waals surface area contributed by atoms with E-state index in [1.807, 2.05) is 0 Å². The zero-order chi connectivity index (χ0) is 11.4. The fourth-order valence-corrected chi connectivity index (χ4v) is 1.81. The van der Waals surface area contributed by atoms with E-state index in [0.29, 0.717) is 5.82 Å². The van der Waals surface area contributed by atoms with Crippen LogP contribution in [0.15, 0.2) is 11.5 Å². The highest BCUT2D eigenvalue weighted by molar-refractivity contribution is 7.80. The van der Waals surface area contributed by atoms with Crippen LogP contribution in [0.25, 0.3) is 0 Å². The SMILES string of the molecule is CCCCCN1C(N)=C(N)C(=O)NC1S. The highest BCUT2D eigenvalue weighted by atomic mass is 32.1. The van der Waals surface area contributed by atoms with Crippen molar-refractivity contribution in [3.05, 3.63) is 11.5 Å². The average molecular weight is 230 g/mol. The first-order valence-electron chi connectivity index (χ1n) is 5.08. The van der Waals surface area contributed by atoms with Gasteiger partial charge in [0.15, 0.2) is 0 Å². The number of hydrogen-bond acceptors (Lipinski definition) is 5. The summed E-state index contributed by atoms with van der Waals surface area (Å²) in [5, 5.41) is 2.62. The van der Waals surface area contributed by atoms with Crippen molar-refractivity contribution in [2.75, 3.05) is 6.54 Å². The summed E-state index contributed by atoms with van der Waals surface area (Å²) in [5.41, 5.74) is 11.0. The van der Waals surface area contributed by atoms with E-state index in [1.165, 1.54) is 0 Å². The summed E-state index contributed by atoms with van der Waals surface area (Å²) in [6.07, 6.45) is 3.27. The minimum atomic E-state index is -0.373. The molecule has 0 spiro atoms. The van der Waals surface area contributed by atoms with Gasteiger partial charge < -0.3 is 21.7 Å². The van der Waals surface area contributed by atoms with Gasteiger partial charge in [-0.3, -0.25) is 4.79 Å². The second-order valence-electron chi connectivity index (χ2n) is 3.55. The maximum Gasteiger partial charge on any atom is 0.273 e. The summed E-state index contributed by atoms with van der Waals surface area (Å²) in [6.45, 7) is 2.89. The first kappa shape index (κ1) is 12.0. The van der Waals surface area contributed by atoms with Gasteiger partial charge in [0.05, 0.1) is 0 Å². The molecule has 0 saturated carbocycles. The molecule has 0 aromatic carbocycles. The Hall–Kier alpha value is -1.04. The molecule has 6 heteroatoms.